The number of hydrogen-bond acceptors (Lipinski definition) is 3. The number of nitrogens with one attached hydrogen (secondary N) is 2. The molecule has 3 aliphatic rings. The molecule has 6 heteroatoms. The summed E-state index contributed by atoms with van der Waals surface area (Å²) in [5.74, 6) is 0.137. The maximum atomic E-state index is 13.3. The van der Waals surface area contributed by atoms with Gasteiger partial charge in [0.05, 0.1) is 11.4 Å². The number of aromatic amines is 1. The molecular weight excluding hydrogens is 295 g/mol. The first-order chi connectivity index (χ1) is 11.2. The molecule has 23 heavy (non-hydrogen) atoms. The molecule has 2 aromatic heterocycles. The molecule has 0 saturated carbocycles. The number of fused-ring (bicyclic) bond motifs is 3. The molecule has 120 valence electrons. The van der Waals surface area contributed by atoms with Crippen LogP contribution >= 0.6 is 0 Å². The van der Waals surface area contributed by atoms with E-state index < -0.39 is 0 Å². The zero-order valence-electron chi connectivity index (χ0n) is 12.8. The molecule has 2 bridgehead atoms. The van der Waals surface area contributed by atoms with E-state index in [1.807, 2.05) is 0 Å². The summed E-state index contributed by atoms with van der Waals surface area (Å²) in [6.45, 7) is 3.24. The van der Waals surface area contributed by atoms with E-state index in [9.17, 15) is 9.18 Å². The number of carbonyl (C=O) groups excluding carboxylic acids is 1. The molecule has 0 unspecified atom stereocenters. The molecule has 1 atom stereocenters. The number of hydrogen-bond donors (Lipinski definition) is 2. The van der Waals surface area contributed by atoms with Crippen molar-refractivity contribution in [3.8, 4) is 11.4 Å². The Hall–Kier alpha value is -2.21. The van der Waals surface area contributed by atoms with Crippen molar-refractivity contribution in [2.75, 3.05) is 19.6 Å². The van der Waals surface area contributed by atoms with Crippen molar-refractivity contribution in [2.24, 2.45) is 5.92 Å². The number of halogens is 1. The summed E-state index contributed by atoms with van der Waals surface area (Å²) in [6, 6.07) is 6.35. The molecule has 0 aliphatic carbocycles. The first kappa shape index (κ1) is 14.4. The van der Waals surface area contributed by atoms with E-state index >= 15 is 0 Å². The van der Waals surface area contributed by atoms with E-state index in [2.05, 4.69) is 20.2 Å². The molecule has 3 aliphatic heterocycles. The molecule has 0 aromatic carbocycles. The molecule has 5 nitrogen and oxygen atoms in total. The number of nitrogens with zero attached hydrogens (tertiary/aromatic N) is 2. The summed E-state index contributed by atoms with van der Waals surface area (Å²) in [6.07, 6.45) is 3.74. The van der Waals surface area contributed by atoms with E-state index in [0.29, 0.717) is 23.0 Å². The molecule has 0 spiro atoms. The smallest absolute Gasteiger partial charge is 0.267 e. The molecule has 5 rings (SSSR count). The van der Waals surface area contributed by atoms with Crippen molar-refractivity contribution < 1.29 is 9.18 Å². The maximum Gasteiger partial charge on any atom is 0.267 e. The summed E-state index contributed by atoms with van der Waals surface area (Å²) < 4.78 is 13.3. The molecule has 0 radical (unpaired) electrons. The fourth-order valence-electron chi connectivity index (χ4n) is 3.60. The van der Waals surface area contributed by atoms with Gasteiger partial charge in [-0.1, -0.05) is 0 Å². The molecule has 5 heterocycles. The van der Waals surface area contributed by atoms with Crippen LogP contribution in [0.3, 0.4) is 0 Å². The van der Waals surface area contributed by atoms with Crippen LogP contribution in [0.15, 0.2) is 30.5 Å². The topological polar surface area (TPSA) is 61.0 Å². The Morgan fingerprint density at radius 1 is 1.30 bits per heavy atom. The Balaban J connectivity index is 1.47. The Bertz CT molecular complexity index is 721. The fraction of sp³-hybridized carbons (Fsp3) is 0.412. The lowest BCUT2D eigenvalue weighted by atomic mass is 9.84. The highest BCUT2D eigenvalue weighted by atomic mass is 19.1. The summed E-state index contributed by atoms with van der Waals surface area (Å²) in [4.78, 5) is 22.0. The summed E-state index contributed by atoms with van der Waals surface area (Å²) in [5.41, 5.74) is 1.62. The van der Waals surface area contributed by atoms with Crippen LogP contribution in [-0.2, 0) is 0 Å². The number of piperidine rings is 3. The van der Waals surface area contributed by atoms with Gasteiger partial charge in [-0.25, -0.2) is 4.39 Å². The Kier molecular flexibility index (Phi) is 3.61. The lowest BCUT2D eigenvalue weighted by Gasteiger charge is -2.44. The van der Waals surface area contributed by atoms with Gasteiger partial charge in [0.15, 0.2) is 0 Å². The highest BCUT2D eigenvalue weighted by Crippen LogP contribution is 2.27. The second kappa shape index (κ2) is 5.77. The predicted octanol–water partition coefficient (Wildman–Crippen LogP) is 2.04. The summed E-state index contributed by atoms with van der Waals surface area (Å²) in [5, 5.41) is 3.14. The van der Waals surface area contributed by atoms with Crippen LogP contribution in [0.25, 0.3) is 11.4 Å². The standard InChI is InChI=1S/C17H19FN4O/c18-12-3-6-19-15(9-12)13-1-2-14(20-13)17(23)21-16-10-22-7-4-11(16)5-8-22/h1-3,6,9,11,16,20H,4-5,7-8,10H2,(H,21,23)/t16-/m0/s1. The predicted molar refractivity (Wildman–Crippen MR) is 84.4 cm³/mol. The highest BCUT2D eigenvalue weighted by Gasteiger charge is 2.35. The molecule has 3 fully saturated rings. The van der Waals surface area contributed by atoms with Crippen LogP contribution in [0, 0.1) is 11.7 Å². The molecule has 3 saturated heterocycles. The SMILES string of the molecule is O=C(N[C@H]1CN2CCC1CC2)c1ccc(-c2cc(F)ccn2)[nH]1. The zero-order chi connectivity index (χ0) is 15.8. The van der Waals surface area contributed by atoms with E-state index in [-0.39, 0.29) is 17.8 Å². The van der Waals surface area contributed by atoms with Gasteiger partial charge in [0, 0.05) is 24.8 Å². The minimum absolute atomic E-state index is 0.105. The average Bonchev–Trinajstić information content (AvgIpc) is 3.06. The number of aromatic nitrogens is 2. The van der Waals surface area contributed by atoms with Crippen molar-refractivity contribution in [1.29, 1.82) is 0 Å². The minimum Gasteiger partial charge on any atom is -0.349 e. The van der Waals surface area contributed by atoms with Crippen LogP contribution < -0.4 is 5.32 Å². The van der Waals surface area contributed by atoms with Crippen LogP contribution in [0.2, 0.25) is 0 Å². The largest absolute Gasteiger partial charge is 0.349 e. The second-order valence-electron chi connectivity index (χ2n) is 6.36. The average molecular weight is 314 g/mol. The fourth-order valence-corrected chi connectivity index (χ4v) is 3.60. The highest BCUT2D eigenvalue weighted by molar-refractivity contribution is 5.93. The first-order valence-electron chi connectivity index (χ1n) is 8.03. The Morgan fingerprint density at radius 2 is 2.13 bits per heavy atom. The van der Waals surface area contributed by atoms with Gasteiger partial charge in [-0.2, -0.15) is 0 Å². The third kappa shape index (κ3) is 2.86. The number of H-pyrrole nitrogens is 1. The van der Waals surface area contributed by atoms with Gasteiger partial charge in [0.2, 0.25) is 0 Å². The van der Waals surface area contributed by atoms with Gasteiger partial charge in [-0.3, -0.25) is 9.78 Å². The first-order valence-corrected chi connectivity index (χ1v) is 8.03. The quantitative estimate of drug-likeness (QED) is 0.911. The molecule has 2 N–H and O–H groups in total. The van der Waals surface area contributed by atoms with Crippen molar-refractivity contribution >= 4 is 5.91 Å². The van der Waals surface area contributed by atoms with E-state index in [4.69, 9.17) is 0 Å². The third-order valence-corrected chi connectivity index (χ3v) is 4.90. The number of amides is 1. The molecule has 2 aromatic rings. The maximum absolute atomic E-state index is 13.3. The molecule has 1 amide bonds. The van der Waals surface area contributed by atoms with Gasteiger partial charge in [0.25, 0.3) is 5.91 Å². The normalized spacial score (nSPS) is 26.2. The number of carbonyl (C=O) groups is 1. The van der Waals surface area contributed by atoms with Gasteiger partial charge < -0.3 is 15.2 Å². The minimum atomic E-state index is -0.345. The van der Waals surface area contributed by atoms with Gasteiger partial charge in [-0.15, -0.1) is 0 Å². The van der Waals surface area contributed by atoms with E-state index in [1.165, 1.54) is 18.3 Å². The van der Waals surface area contributed by atoms with Crippen molar-refractivity contribution in [3.63, 3.8) is 0 Å². The lowest BCUT2D eigenvalue weighted by Crippen LogP contribution is -2.57. The number of rotatable bonds is 3. The lowest BCUT2D eigenvalue weighted by molar-refractivity contribution is 0.0618. The van der Waals surface area contributed by atoms with Gasteiger partial charge >= 0.3 is 0 Å². The van der Waals surface area contributed by atoms with E-state index in [1.54, 1.807) is 12.1 Å². The second-order valence-corrected chi connectivity index (χ2v) is 6.36. The zero-order valence-corrected chi connectivity index (χ0v) is 12.8. The van der Waals surface area contributed by atoms with Crippen LogP contribution in [0.1, 0.15) is 23.3 Å². The summed E-state index contributed by atoms with van der Waals surface area (Å²) in [7, 11) is 0. The van der Waals surface area contributed by atoms with Gasteiger partial charge in [-0.05, 0) is 50.0 Å². The van der Waals surface area contributed by atoms with Crippen LogP contribution in [-0.4, -0.2) is 46.5 Å². The van der Waals surface area contributed by atoms with Crippen LogP contribution in [0.4, 0.5) is 4.39 Å². The van der Waals surface area contributed by atoms with Crippen molar-refractivity contribution in [1.82, 2.24) is 20.2 Å². The van der Waals surface area contributed by atoms with Crippen molar-refractivity contribution in [2.45, 2.75) is 18.9 Å². The van der Waals surface area contributed by atoms with Crippen molar-refractivity contribution in [3.05, 3.63) is 42.0 Å². The Morgan fingerprint density at radius 3 is 2.83 bits per heavy atom. The number of pyridine rings is 1. The molecular formula is C17H19FN4O. The van der Waals surface area contributed by atoms with Crippen LogP contribution in [0.5, 0.6) is 0 Å². The third-order valence-electron chi connectivity index (χ3n) is 4.90. The Labute approximate surface area is 133 Å². The summed E-state index contributed by atoms with van der Waals surface area (Å²) >= 11 is 0. The van der Waals surface area contributed by atoms with Gasteiger partial charge in [0.1, 0.15) is 11.5 Å². The van der Waals surface area contributed by atoms with E-state index in [0.717, 1.165) is 32.5 Å². The monoisotopic (exact) mass is 314 g/mol.